The van der Waals surface area contributed by atoms with Crippen LogP contribution in [0.15, 0.2) is 35.7 Å². The number of allylic oxidation sites excluding steroid dienone is 1. The fourth-order valence-electron chi connectivity index (χ4n) is 6.58. The lowest BCUT2D eigenvalue weighted by Gasteiger charge is -2.40. The Hall–Kier alpha value is -4.63. The molecule has 1 saturated heterocycles. The third-order valence-electron chi connectivity index (χ3n) is 9.35. The highest BCUT2D eigenvalue weighted by atomic mass is 32.1. The highest BCUT2D eigenvalue weighted by Crippen LogP contribution is 2.46. The van der Waals surface area contributed by atoms with Gasteiger partial charge in [-0.1, -0.05) is 12.2 Å². The first-order valence-corrected chi connectivity index (χ1v) is 16.7. The number of nitrogens with one attached hydrogen (secondary N) is 1. The van der Waals surface area contributed by atoms with Gasteiger partial charge in [0.1, 0.15) is 45.6 Å². The average molecular weight is 658 g/mol. The molecule has 3 amide bonds. The molecule has 1 aliphatic carbocycles. The lowest BCUT2D eigenvalue weighted by atomic mass is 9.97. The summed E-state index contributed by atoms with van der Waals surface area (Å²) < 4.78 is 17.4. The molecule has 1 aromatic carbocycles. The summed E-state index contributed by atoms with van der Waals surface area (Å²) in [7, 11) is 4.70. The molecule has 3 aromatic rings. The first kappa shape index (κ1) is 32.3. The Kier molecular flexibility index (Phi) is 9.10. The van der Waals surface area contributed by atoms with Crippen molar-refractivity contribution in [2.75, 3.05) is 34.4 Å². The van der Waals surface area contributed by atoms with Crippen LogP contribution in [0.3, 0.4) is 0 Å². The maximum Gasteiger partial charge on any atom is 0.332 e. The van der Waals surface area contributed by atoms with Gasteiger partial charge >= 0.3 is 12.0 Å². The average Bonchev–Trinajstić information content (AvgIpc) is 3.55. The van der Waals surface area contributed by atoms with E-state index in [1.807, 2.05) is 31.2 Å². The van der Waals surface area contributed by atoms with Gasteiger partial charge in [-0.15, -0.1) is 17.8 Å². The maximum atomic E-state index is 14.1. The molecule has 2 aliphatic heterocycles. The Labute approximate surface area is 278 Å². The molecule has 4 heterocycles. The number of aryl methyl sites for hydroxylation is 1. The van der Waals surface area contributed by atoms with Gasteiger partial charge in [0.2, 0.25) is 5.91 Å². The van der Waals surface area contributed by atoms with Crippen LogP contribution in [-0.4, -0.2) is 89.7 Å². The van der Waals surface area contributed by atoms with Gasteiger partial charge in [0, 0.05) is 61.3 Å². The minimum absolute atomic E-state index is 0.160. The zero-order valence-corrected chi connectivity index (χ0v) is 27.9. The van der Waals surface area contributed by atoms with Crippen LogP contribution in [0.25, 0.3) is 21.6 Å². The van der Waals surface area contributed by atoms with Crippen LogP contribution in [0.4, 0.5) is 4.79 Å². The van der Waals surface area contributed by atoms with Gasteiger partial charge in [0.05, 0.1) is 19.7 Å². The standard InChI is InChI=1S/C35H39N5O6S/c1-6-23-20-47-32(36-23)26-18-29(25-12-13-28(44-4)21(2)30(25)37-26)46-24-14-16-40-27(17-24)31(41)38-35(33(42)45-5)19-22(35)11-9-7-8-10-15-39(3)34(40)43/h1,9,11-13,18,20,22,24,27H,7-8,10,14-17,19H2,2-5H3,(H,38,41)/b11-9-/t22-,24-,27+,35-/m1/s1. The van der Waals surface area contributed by atoms with E-state index in [1.54, 1.807) is 29.3 Å². The van der Waals surface area contributed by atoms with E-state index < -0.39 is 29.6 Å². The van der Waals surface area contributed by atoms with E-state index in [-0.39, 0.29) is 18.4 Å². The molecular formula is C35H39N5O6S. The normalized spacial score (nSPS) is 25.5. The number of carbonyl (C=O) groups excluding carboxylic acids is 3. The van der Waals surface area contributed by atoms with Gasteiger partial charge in [-0.3, -0.25) is 4.79 Å². The van der Waals surface area contributed by atoms with Crippen molar-refractivity contribution in [3.8, 4) is 34.5 Å². The first-order valence-electron chi connectivity index (χ1n) is 15.9. The number of terminal acetylenes is 1. The number of amides is 3. The van der Waals surface area contributed by atoms with Crippen LogP contribution >= 0.6 is 11.3 Å². The molecular weight excluding hydrogens is 618 g/mol. The van der Waals surface area contributed by atoms with Crippen molar-refractivity contribution >= 4 is 40.1 Å². The number of thiazole rings is 1. The van der Waals surface area contributed by atoms with Crippen LogP contribution in [0.1, 0.15) is 49.8 Å². The monoisotopic (exact) mass is 657 g/mol. The third-order valence-corrected chi connectivity index (χ3v) is 10.2. The number of hydrogen-bond donors (Lipinski definition) is 1. The summed E-state index contributed by atoms with van der Waals surface area (Å²) >= 11 is 1.40. The van der Waals surface area contributed by atoms with E-state index in [9.17, 15) is 14.4 Å². The molecule has 0 spiro atoms. The predicted molar refractivity (Wildman–Crippen MR) is 178 cm³/mol. The predicted octanol–water partition coefficient (Wildman–Crippen LogP) is 4.71. The van der Waals surface area contributed by atoms with Crippen molar-refractivity contribution in [1.82, 2.24) is 25.1 Å². The zero-order chi connectivity index (χ0) is 33.3. The summed E-state index contributed by atoms with van der Waals surface area (Å²) in [6.45, 7) is 2.83. The Morgan fingerprint density at radius 3 is 2.74 bits per heavy atom. The molecule has 4 atom stereocenters. The number of hydrogen-bond acceptors (Lipinski definition) is 9. The molecule has 0 bridgehead atoms. The second-order valence-corrected chi connectivity index (χ2v) is 13.2. The molecule has 1 N–H and O–H groups in total. The van der Waals surface area contributed by atoms with E-state index in [2.05, 4.69) is 22.3 Å². The van der Waals surface area contributed by atoms with Crippen LogP contribution in [-0.2, 0) is 14.3 Å². The number of nitrogens with zero attached hydrogens (tertiary/aromatic N) is 4. The number of benzene rings is 1. The van der Waals surface area contributed by atoms with Crippen molar-refractivity contribution in [3.63, 3.8) is 0 Å². The third kappa shape index (κ3) is 6.24. The fourth-order valence-corrected chi connectivity index (χ4v) is 7.30. The number of rotatable bonds is 5. The zero-order valence-electron chi connectivity index (χ0n) is 27.1. The van der Waals surface area contributed by atoms with Crippen LogP contribution < -0.4 is 14.8 Å². The molecule has 2 fully saturated rings. The van der Waals surface area contributed by atoms with Crippen LogP contribution in [0.2, 0.25) is 0 Å². The van der Waals surface area contributed by atoms with Crippen molar-refractivity contribution in [1.29, 1.82) is 0 Å². The summed E-state index contributed by atoms with van der Waals surface area (Å²) in [5.41, 5.74) is 1.54. The van der Waals surface area contributed by atoms with Crippen LogP contribution in [0, 0.1) is 25.2 Å². The van der Waals surface area contributed by atoms with Crippen molar-refractivity contribution in [2.45, 2.75) is 63.1 Å². The van der Waals surface area contributed by atoms with Gasteiger partial charge in [0.15, 0.2) is 0 Å². The molecule has 11 nitrogen and oxygen atoms in total. The number of carbonyl (C=O) groups is 3. The van der Waals surface area contributed by atoms with Crippen molar-refractivity contribution in [2.24, 2.45) is 5.92 Å². The molecule has 0 unspecified atom stereocenters. The largest absolute Gasteiger partial charge is 0.496 e. The number of urea groups is 1. The number of piperidine rings is 1. The molecule has 0 radical (unpaired) electrons. The molecule has 246 valence electrons. The van der Waals surface area contributed by atoms with E-state index in [0.29, 0.717) is 59.3 Å². The minimum Gasteiger partial charge on any atom is -0.496 e. The van der Waals surface area contributed by atoms with E-state index >= 15 is 0 Å². The highest BCUT2D eigenvalue weighted by molar-refractivity contribution is 7.13. The molecule has 6 rings (SSSR count). The van der Waals surface area contributed by atoms with E-state index in [0.717, 1.165) is 30.2 Å². The number of aromatic nitrogens is 2. The molecule has 47 heavy (non-hydrogen) atoms. The first-order chi connectivity index (χ1) is 22.7. The number of methoxy groups -OCH3 is 2. The van der Waals surface area contributed by atoms with Crippen molar-refractivity contribution in [3.05, 3.63) is 47.0 Å². The SMILES string of the molecule is C#Cc1csc(-c2cc(O[C@@H]3CCN4C(=O)N(C)CCCC/C=C\[C@@H]5C[C@@]5(C(=O)OC)NC(=O)[C@@H]4C3)c3ccc(OC)c(C)c3n2)n1. The number of ether oxygens (including phenoxy) is 3. The highest BCUT2D eigenvalue weighted by Gasteiger charge is 2.62. The summed E-state index contributed by atoms with van der Waals surface area (Å²) in [6, 6.07) is 4.55. The van der Waals surface area contributed by atoms with Crippen molar-refractivity contribution < 1.29 is 28.6 Å². The van der Waals surface area contributed by atoms with E-state index in [1.165, 1.54) is 18.4 Å². The smallest absolute Gasteiger partial charge is 0.332 e. The lowest BCUT2D eigenvalue weighted by molar-refractivity contribution is -0.147. The van der Waals surface area contributed by atoms with Gasteiger partial charge in [0.25, 0.3) is 0 Å². The molecule has 3 aliphatic rings. The summed E-state index contributed by atoms with van der Waals surface area (Å²) in [5, 5.41) is 6.24. The Morgan fingerprint density at radius 2 is 2.00 bits per heavy atom. The Morgan fingerprint density at radius 1 is 1.17 bits per heavy atom. The summed E-state index contributed by atoms with van der Waals surface area (Å²) in [6.07, 6.45) is 13.0. The maximum absolute atomic E-state index is 14.1. The fraction of sp³-hybridized carbons (Fsp3) is 0.457. The Bertz CT molecular complexity index is 1780. The topological polar surface area (TPSA) is 123 Å². The number of esters is 1. The van der Waals surface area contributed by atoms with Gasteiger partial charge in [-0.25, -0.2) is 19.6 Å². The second kappa shape index (κ2) is 13.2. The van der Waals surface area contributed by atoms with E-state index in [4.69, 9.17) is 25.6 Å². The lowest BCUT2D eigenvalue weighted by Crippen LogP contribution is -2.60. The van der Waals surface area contributed by atoms with Gasteiger partial charge in [-0.05, 0) is 50.7 Å². The number of fused-ring (bicyclic) bond motifs is 3. The van der Waals surface area contributed by atoms with Gasteiger partial charge in [-0.2, -0.15) is 0 Å². The second-order valence-electron chi connectivity index (χ2n) is 12.3. The summed E-state index contributed by atoms with van der Waals surface area (Å²) in [4.78, 5) is 53.5. The minimum atomic E-state index is -1.14. The molecule has 1 saturated carbocycles. The van der Waals surface area contributed by atoms with Crippen LogP contribution in [0.5, 0.6) is 11.5 Å². The Balaban J connectivity index is 1.34. The summed E-state index contributed by atoms with van der Waals surface area (Å²) in [5.74, 6) is 2.79. The quantitative estimate of drug-likeness (QED) is 0.238. The molecule has 2 aromatic heterocycles. The molecule has 12 heteroatoms. The number of pyridine rings is 1. The van der Waals surface area contributed by atoms with Gasteiger partial charge < -0.3 is 29.3 Å².